The largest absolute Gasteiger partial charge is 0.480 e. The highest BCUT2D eigenvalue weighted by Crippen LogP contribution is 2.17. The molecule has 0 aromatic heterocycles. The van der Waals surface area contributed by atoms with E-state index in [9.17, 15) is 27.6 Å². The molecular weight excluding hydrogens is 271 g/mol. The van der Waals surface area contributed by atoms with Crippen molar-refractivity contribution in [1.82, 2.24) is 15.5 Å². The second kappa shape index (κ2) is 6.92. The normalized spacial score (nSPS) is 12.9. The van der Waals surface area contributed by atoms with Crippen LogP contribution in [0.2, 0.25) is 0 Å². The Hall–Kier alpha value is -1.84. The van der Waals surface area contributed by atoms with Crippen molar-refractivity contribution >= 4 is 17.9 Å². The minimum Gasteiger partial charge on any atom is -0.480 e. The summed E-state index contributed by atoms with van der Waals surface area (Å²) in [4.78, 5) is 33.2. The zero-order valence-corrected chi connectivity index (χ0v) is 10.2. The van der Waals surface area contributed by atoms with Crippen molar-refractivity contribution < 1.29 is 32.7 Å². The standard InChI is InChI=1S/C9H14F3N3O4/c1-5(7(18)14-8(19)13-2)15(3-6(16)17)4-9(10,11)12/h5H,3-4H2,1-2H3,(H,16,17)(H2,13,14,18,19). The number of carboxylic acids is 1. The van der Waals surface area contributed by atoms with Crippen LogP contribution in [0, 0.1) is 0 Å². The first-order valence-electron chi connectivity index (χ1n) is 5.12. The average molecular weight is 285 g/mol. The van der Waals surface area contributed by atoms with Gasteiger partial charge in [0.15, 0.2) is 0 Å². The van der Waals surface area contributed by atoms with Gasteiger partial charge in [-0.25, -0.2) is 4.79 Å². The van der Waals surface area contributed by atoms with E-state index in [4.69, 9.17) is 5.11 Å². The molecule has 1 unspecified atom stereocenters. The highest BCUT2D eigenvalue weighted by atomic mass is 19.4. The number of imide groups is 1. The van der Waals surface area contributed by atoms with Crippen LogP contribution in [0.1, 0.15) is 6.92 Å². The molecule has 0 rings (SSSR count). The lowest BCUT2D eigenvalue weighted by molar-refractivity contribution is -0.159. The van der Waals surface area contributed by atoms with Crippen molar-refractivity contribution in [3.05, 3.63) is 0 Å². The summed E-state index contributed by atoms with van der Waals surface area (Å²) in [6.45, 7) is -1.46. The van der Waals surface area contributed by atoms with Gasteiger partial charge in [0, 0.05) is 7.05 Å². The number of aliphatic carboxylic acids is 1. The van der Waals surface area contributed by atoms with Crippen LogP contribution in [0.25, 0.3) is 0 Å². The van der Waals surface area contributed by atoms with E-state index >= 15 is 0 Å². The molecule has 0 spiro atoms. The lowest BCUT2D eigenvalue weighted by atomic mass is 10.2. The molecule has 0 aliphatic carbocycles. The monoisotopic (exact) mass is 285 g/mol. The summed E-state index contributed by atoms with van der Waals surface area (Å²) in [6, 6.07) is -2.31. The number of hydrogen-bond acceptors (Lipinski definition) is 4. The Morgan fingerprint density at radius 1 is 1.32 bits per heavy atom. The number of alkyl halides is 3. The van der Waals surface area contributed by atoms with E-state index in [1.54, 1.807) is 5.32 Å². The van der Waals surface area contributed by atoms with Gasteiger partial charge in [0.05, 0.1) is 19.1 Å². The molecule has 0 saturated carbocycles. The fraction of sp³-hybridized carbons (Fsp3) is 0.667. The molecule has 0 radical (unpaired) electrons. The molecule has 7 nitrogen and oxygen atoms in total. The summed E-state index contributed by atoms with van der Waals surface area (Å²) in [6.07, 6.45) is -4.66. The fourth-order valence-electron chi connectivity index (χ4n) is 1.18. The molecule has 0 aromatic carbocycles. The second-order valence-corrected chi connectivity index (χ2v) is 3.66. The first kappa shape index (κ1) is 17.2. The first-order valence-corrected chi connectivity index (χ1v) is 5.12. The number of carboxylic acid groups (broad SMARTS) is 1. The van der Waals surface area contributed by atoms with Gasteiger partial charge >= 0.3 is 18.2 Å². The predicted octanol–water partition coefficient (Wildman–Crippen LogP) is -0.221. The maximum absolute atomic E-state index is 12.3. The van der Waals surface area contributed by atoms with Crippen LogP contribution in [0.15, 0.2) is 0 Å². The third kappa shape index (κ3) is 7.24. The summed E-state index contributed by atoms with van der Waals surface area (Å²) in [5.74, 6) is -2.53. The first-order chi connectivity index (χ1) is 8.56. The van der Waals surface area contributed by atoms with E-state index in [1.807, 2.05) is 0 Å². The van der Waals surface area contributed by atoms with Crippen molar-refractivity contribution in [3.63, 3.8) is 0 Å². The summed E-state index contributed by atoms with van der Waals surface area (Å²) in [5.41, 5.74) is 0. The molecule has 0 aromatic rings. The SMILES string of the molecule is CNC(=O)NC(=O)C(C)N(CC(=O)O)CC(F)(F)F. The Bertz CT molecular complexity index is 359. The van der Waals surface area contributed by atoms with Crippen LogP contribution in [-0.4, -0.2) is 60.3 Å². The summed E-state index contributed by atoms with van der Waals surface area (Å²) in [7, 11) is 1.22. The number of carbonyl (C=O) groups excluding carboxylic acids is 2. The number of rotatable bonds is 5. The zero-order chi connectivity index (χ0) is 15.2. The molecule has 19 heavy (non-hydrogen) atoms. The van der Waals surface area contributed by atoms with Crippen LogP contribution in [0.5, 0.6) is 0 Å². The third-order valence-corrected chi connectivity index (χ3v) is 2.11. The lowest BCUT2D eigenvalue weighted by Gasteiger charge is -2.27. The maximum atomic E-state index is 12.3. The molecule has 0 aliphatic heterocycles. The van der Waals surface area contributed by atoms with Crippen LogP contribution in [0.3, 0.4) is 0 Å². The van der Waals surface area contributed by atoms with Gasteiger partial charge in [0.1, 0.15) is 0 Å². The van der Waals surface area contributed by atoms with E-state index in [1.165, 1.54) is 7.05 Å². The smallest absolute Gasteiger partial charge is 0.401 e. The van der Waals surface area contributed by atoms with E-state index in [-0.39, 0.29) is 0 Å². The van der Waals surface area contributed by atoms with Gasteiger partial charge in [-0.2, -0.15) is 13.2 Å². The van der Waals surface area contributed by atoms with E-state index < -0.39 is 43.2 Å². The molecule has 0 bridgehead atoms. The Morgan fingerprint density at radius 2 is 1.84 bits per heavy atom. The number of hydrogen-bond donors (Lipinski definition) is 3. The molecule has 3 N–H and O–H groups in total. The number of carbonyl (C=O) groups is 3. The fourth-order valence-corrected chi connectivity index (χ4v) is 1.18. The van der Waals surface area contributed by atoms with Crippen molar-refractivity contribution in [2.75, 3.05) is 20.1 Å². The molecule has 0 heterocycles. The van der Waals surface area contributed by atoms with Gasteiger partial charge in [0.2, 0.25) is 5.91 Å². The molecule has 110 valence electrons. The lowest BCUT2D eigenvalue weighted by Crippen LogP contribution is -2.52. The minimum absolute atomic E-state index is 0.403. The van der Waals surface area contributed by atoms with Crippen molar-refractivity contribution in [2.45, 2.75) is 19.1 Å². The summed E-state index contributed by atoms with van der Waals surface area (Å²) in [5, 5.41) is 12.3. The van der Waals surface area contributed by atoms with Crippen molar-refractivity contribution in [3.8, 4) is 0 Å². The van der Waals surface area contributed by atoms with E-state index in [0.29, 0.717) is 4.90 Å². The maximum Gasteiger partial charge on any atom is 0.401 e. The van der Waals surface area contributed by atoms with Crippen LogP contribution < -0.4 is 10.6 Å². The molecular formula is C9H14F3N3O4. The molecule has 0 saturated heterocycles. The highest BCUT2D eigenvalue weighted by molar-refractivity contribution is 5.96. The van der Waals surface area contributed by atoms with E-state index in [0.717, 1.165) is 6.92 Å². The van der Waals surface area contributed by atoms with Gasteiger partial charge < -0.3 is 10.4 Å². The molecule has 3 amide bonds. The Labute approximate surface area is 106 Å². The quantitative estimate of drug-likeness (QED) is 0.648. The number of amides is 3. The van der Waals surface area contributed by atoms with Crippen LogP contribution in [0.4, 0.5) is 18.0 Å². The van der Waals surface area contributed by atoms with Gasteiger partial charge in [0.25, 0.3) is 0 Å². The Morgan fingerprint density at radius 3 is 2.21 bits per heavy atom. The average Bonchev–Trinajstić information content (AvgIpc) is 2.24. The molecule has 0 aliphatic rings. The topological polar surface area (TPSA) is 98.7 Å². The third-order valence-electron chi connectivity index (χ3n) is 2.11. The predicted molar refractivity (Wildman–Crippen MR) is 57.3 cm³/mol. The Balaban J connectivity index is 4.79. The molecule has 1 atom stereocenters. The molecule has 10 heteroatoms. The van der Waals surface area contributed by atoms with Crippen molar-refractivity contribution in [1.29, 1.82) is 0 Å². The minimum atomic E-state index is -4.66. The van der Waals surface area contributed by atoms with E-state index in [2.05, 4.69) is 5.32 Å². The van der Waals surface area contributed by atoms with Gasteiger partial charge in [-0.15, -0.1) is 0 Å². The number of nitrogens with one attached hydrogen (secondary N) is 2. The number of urea groups is 1. The molecule has 0 fully saturated rings. The Kier molecular flexibility index (Phi) is 6.25. The number of halogens is 3. The second-order valence-electron chi connectivity index (χ2n) is 3.66. The highest BCUT2D eigenvalue weighted by Gasteiger charge is 2.35. The summed E-state index contributed by atoms with van der Waals surface area (Å²) < 4.78 is 36.8. The zero-order valence-electron chi connectivity index (χ0n) is 10.2. The van der Waals surface area contributed by atoms with Crippen LogP contribution in [-0.2, 0) is 9.59 Å². The van der Waals surface area contributed by atoms with Crippen LogP contribution >= 0.6 is 0 Å². The number of nitrogens with zero attached hydrogens (tertiary/aromatic N) is 1. The van der Waals surface area contributed by atoms with Gasteiger partial charge in [-0.05, 0) is 6.92 Å². The van der Waals surface area contributed by atoms with Gasteiger partial charge in [-0.3, -0.25) is 19.8 Å². The van der Waals surface area contributed by atoms with Crippen molar-refractivity contribution in [2.24, 2.45) is 0 Å². The summed E-state index contributed by atoms with van der Waals surface area (Å²) >= 11 is 0. The van der Waals surface area contributed by atoms with Gasteiger partial charge in [-0.1, -0.05) is 0 Å².